The van der Waals surface area contributed by atoms with Crippen molar-refractivity contribution in [2.45, 2.75) is 53.2 Å². The Morgan fingerprint density at radius 3 is 2.32 bits per heavy atom. The Balaban J connectivity index is 2.04. The van der Waals surface area contributed by atoms with Crippen LogP contribution in [0.3, 0.4) is 0 Å². The highest BCUT2D eigenvalue weighted by molar-refractivity contribution is 6.46. The van der Waals surface area contributed by atoms with Gasteiger partial charge in [0.25, 0.3) is 11.7 Å². The van der Waals surface area contributed by atoms with Crippen LogP contribution >= 0.6 is 0 Å². The number of Topliss-reactive ketones (excluding diaryl/α,β-unsaturated/α-hetero) is 1. The number of carbonyl (C=O) groups excluding carboxylic acids is 2. The molecular weight excluding hydrogens is 486 g/mol. The number of nitrogens with zero attached hydrogens (tertiary/aromatic N) is 1. The summed E-state index contributed by atoms with van der Waals surface area (Å²) in [6.45, 7) is 11.6. The maximum atomic E-state index is 13.3. The average molecular weight is 526 g/mol. The molecule has 1 unspecified atom stereocenters. The number of aliphatic hydroxyl groups excluding tert-OH is 1. The molecule has 1 amide bonds. The zero-order chi connectivity index (χ0) is 27.8. The third kappa shape index (κ3) is 6.86. The topological polar surface area (TPSA) is 94.5 Å². The summed E-state index contributed by atoms with van der Waals surface area (Å²) >= 11 is 0. The summed E-state index contributed by atoms with van der Waals surface area (Å²) in [4.78, 5) is 28.0. The van der Waals surface area contributed by atoms with Gasteiger partial charge in [-0.2, -0.15) is 0 Å². The molecule has 0 radical (unpaired) electrons. The predicted octanol–water partition coefficient (Wildman–Crippen LogP) is 5.37. The van der Waals surface area contributed by atoms with Crippen molar-refractivity contribution in [3.63, 3.8) is 0 Å². The standard InChI is InChI=1S/C30H39NO7/c1-7-36-25-17-22(11-14-24(25)35-6)27-26(29(33)30(34)31(27)15-8-16-37-20(4)5)28(32)21-9-12-23(13-10-21)38-18-19(2)3/h9-14,17,19-20,27,32H,7-8,15-16,18H2,1-6H3/b28-26-. The Morgan fingerprint density at radius 2 is 1.71 bits per heavy atom. The lowest BCUT2D eigenvalue weighted by molar-refractivity contribution is -0.140. The Kier molecular flexibility index (Phi) is 10.2. The van der Waals surface area contributed by atoms with Crippen molar-refractivity contribution in [2.24, 2.45) is 5.92 Å². The number of methoxy groups -OCH3 is 1. The van der Waals surface area contributed by atoms with Gasteiger partial charge in [-0.15, -0.1) is 0 Å². The van der Waals surface area contributed by atoms with Crippen LogP contribution in [-0.2, 0) is 14.3 Å². The summed E-state index contributed by atoms with van der Waals surface area (Å²) < 4.78 is 22.5. The second-order valence-electron chi connectivity index (χ2n) is 9.84. The van der Waals surface area contributed by atoms with E-state index in [1.807, 2.05) is 20.8 Å². The molecule has 2 aromatic carbocycles. The fourth-order valence-electron chi connectivity index (χ4n) is 4.27. The maximum Gasteiger partial charge on any atom is 0.295 e. The van der Waals surface area contributed by atoms with Crippen LogP contribution in [0.2, 0.25) is 0 Å². The van der Waals surface area contributed by atoms with Crippen LogP contribution < -0.4 is 14.2 Å². The zero-order valence-electron chi connectivity index (χ0n) is 23.2. The van der Waals surface area contributed by atoms with E-state index in [1.165, 1.54) is 4.90 Å². The van der Waals surface area contributed by atoms with Gasteiger partial charge in [0.1, 0.15) is 11.5 Å². The molecule has 8 heteroatoms. The van der Waals surface area contributed by atoms with Gasteiger partial charge in [-0.3, -0.25) is 9.59 Å². The van der Waals surface area contributed by atoms with Crippen molar-refractivity contribution >= 4 is 17.4 Å². The van der Waals surface area contributed by atoms with Gasteiger partial charge in [0, 0.05) is 18.7 Å². The van der Waals surface area contributed by atoms with Gasteiger partial charge in [0.05, 0.1) is 38.0 Å². The molecule has 0 aromatic heterocycles. The molecule has 2 aromatic rings. The third-order valence-corrected chi connectivity index (χ3v) is 6.05. The quantitative estimate of drug-likeness (QED) is 0.163. The first kappa shape index (κ1) is 29.0. The number of hydrogen-bond acceptors (Lipinski definition) is 7. The first-order valence-corrected chi connectivity index (χ1v) is 13.1. The minimum Gasteiger partial charge on any atom is -0.507 e. The number of likely N-dealkylation sites (tertiary alicyclic amines) is 1. The second kappa shape index (κ2) is 13.3. The van der Waals surface area contributed by atoms with E-state index >= 15 is 0 Å². The first-order chi connectivity index (χ1) is 18.2. The molecule has 0 bridgehead atoms. The Labute approximate surface area is 225 Å². The SMILES string of the molecule is CCOc1cc(C2/C(=C(/O)c3ccc(OCC(C)C)cc3)C(=O)C(=O)N2CCCOC(C)C)ccc1OC. The number of benzene rings is 2. The molecule has 0 saturated carbocycles. The predicted molar refractivity (Wildman–Crippen MR) is 146 cm³/mol. The van der Waals surface area contributed by atoms with Crippen LogP contribution in [0, 0.1) is 5.92 Å². The lowest BCUT2D eigenvalue weighted by Crippen LogP contribution is -2.31. The van der Waals surface area contributed by atoms with Gasteiger partial charge in [-0.05, 0) is 75.1 Å². The van der Waals surface area contributed by atoms with Crippen molar-refractivity contribution in [1.82, 2.24) is 4.90 Å². The second-order valence-corrected chi connectivity index (χ2v) is 9.84. The van der Waals surface area contributed by atoms with Crippen molar-refractivity contribution in [3.8, 4) is 17.2 Å². The van der Waals surface area contributed by atoms with Crippen molar-refractivity contribution in [1.29, 1.82) is 0 Å². The molecule has 1 fully saturated rings. The van der Waals surface area contributed by atoms with Gasteiger partial charge in [0.2, 0.25) is 0 Å². The molecule has 38 heavy (non-hydrogen) atoms. The van der Waals surface area contributed by atoms with Crippen molar-refractivity contribution in [2.75, 3.05) is 33.5 Å². The Morgan fingerprint density at radius 1 is 1.00 bits per heavy atom. The monoisotopic (exact) mass is 525 g/mol. The number of carbonyl (C=O) groups is 2. The van der Waals surface area contributed by atoms with Gasteiger partial charge >= 0.3 is 0 Å². The molecule has 8 nitrogen and oxygen atoms in total. The van der Waals surface area contributed by atoms with Crippen LogP contribution in [0.1, 0.15) is 58.2 Å². The Bertz CT molecular complexity index is 1140. The lowest BCUT2D eigenvalue weighted by atomic mass is 9.95. The highest BCUT2D eigenvalue weighted by Crippen LogP contribution is 2.42. The lowest BCUT2D eigenvalue weighted by Gasteiger charge is -2.26. The number of rotatable bonds is 13. The molecule has 1 heterocycles. The summed E-state index contributed by atoms with van der Waals surface area (Å²) in [5, 5.41) is 11.3. The normalized spacial score (nSPS) is 16.9. The van der Waals surface area contributed by atoms with E-state index in [-0.39, 0.29) is 24.0 Å². The molecule has 1 aliphatic heterocycles. The van der Waals surface area contributed by atoms with Gasteiger partial charge in [-0.25, -0.2) is 0 Å². The fourth-order valence-corrected chi connectivity index (χ4v) is 4.27. The van der Waals surface area contributed by atoms with Crippen LogP contribution in [0.25, 0.3) is 5.76 Å². The molecule has 1 N–H and O–H groups in total. The summed E-state index contributed by atoms with van der Waals surface area (Å²) in [5.74, 6) is 0.434. The minimum absolute atomic E-state index is 0.0308. The summed E-state index contributed by atoms with van der Waals surface area (Å²) in [7, 11) is 1.55. The molecule has 0 aliphatic carbocycles. The number of amides is 1. The molecule has 0 spiro atoms. The Hall–Kier alpha value is -3.52. The number of aliphatic hydroxyl groups is 1. The zero-order valence-corrected chi connectivity index (χ0v) is 23.2. The highest BCUT2D eigenvalue weighted by Gasteiger charge is 2.46. The van der Waals surface area contributed by atoms with E-state index in [1.54, 1.807) is 49.6 Å². The molecule has 3 rings (SSSR count). The molecule has 206 valence electrons. The van der Waals surface area contributed by atoms with E-state index in [0.717, 1.165) is 0 Å². The third-order valence-electron chi connectivity index (χ3n) is 6.05. The smallest absolute Gasteiger partial charge is 0.295 e. The largest absolute Gasteiger partial charge is 0.507 e. The summed E-state index contributed by atoms with van der Waals surface area (Å²) in [5.41, 5.74) is 1.09. The van der Waals surface area contributed by atoms with Crippen molar-refractivity contribution in [3.05, 3.63) is 59.2 Å². The van der Waals surface area contributed by atoms with E-state index in [2.05, 4.69) is 13.8 Å². The fraction of sp³-hybridized carbons (Fsp3) is 0.467. The first-order valence-electron chi connectivity index (χ1n) is 13.1. The number of ketones is 1. The molecule has 1 atom stereocenters. The van der Waals surface area contributed by atoms with Crippen LogP contribution in [0.5, 0.6) is 17.2 Å². The molecular formula is C30H39NO7. The van der Waals surface area contributed by atoms with Gasteiger partial charge < -0.3 is 29.0 Å². The molecule has 1 aliphatic rings. The van der Waals surface area contributed by atoms with Gasteiger partial charge in [0.15, 0.2) is 11.5 Å². The molecule has 1 saturated heterocycles. The minimum atomic E-state index is -0.795. The average Bonchev–Trinajstić information content (AvgIpc) is 3.14. The van der Waals surface area contributed by atoms with Gasteiger partial charge in [-0.1, -0.05) is 19.9 Å². The van der Waals surface area contributed by atoms with E-state index in [4.69, 9.17) is 18.9 Å². The van der Waals surface area contributed by atoms with Crippen LogP contribution in [0.4, 0.5) is 0 Å². The maximum absolute atomic E-state index is 13.3. The number of hydrogen-bond donors (Lipinski definition) is 1. The number of ether oxygens (including phenoxy) is 4. The van der Waals surface area contributed by atoms with E-state index in [9.17, 15) is 14.7 Å². The highest BCUT2D eigenvalue weighted by atomic mass is 16.5. The van der Waals surface area contributed by atoms with Crippen LogP contribution in [-0.4, -0.2) is 61.3 Å². The van der Waals surface area contributed by atoms with Crippen LogP contribution in [0.15, 0.2) is 48.0 Å². The van der Waals surface area contributed by atoms with Crippen molar-refractivity contribution < 1.29 is 33.6 Å². The van der Waals surface area contributed by atoms with E-state index < -0.39 is 17.7 Å². The van der Waals surface area contributed by atoms with E-state index in [0.29, 0.717) is 60.5 Å². The summed E-state index contributed by atoms with van der Waals surface area (Å²) in [6.07, 6.45) is 0.599. The summed E-state index contributed by atoms with van der Waals surface area (Å²) in [6, 6.07) is 11.3.